The summed E-state index contributed by atoms with van der Waals surface area (Å²) in [6, 6.07) is 1.34. The summed E-state index contributed by atoms with van der Waals surface area (Å²) in [6.07, 6.45) is 26.8. The van der Waals surface area contributed by atoms with E-state index in [1.54, 1.807) is 0 Å². The molecule has 0 spiro atoms. The maximum Gasteiger partial charge on any atom is 0.328 e. The van der Waals surface area contributed by atoms with Crippen LogP contribution < -0.4 is 11.2 Å². The Kier molecular flexibility index (Phi) is 16.9. The van der Waals surface area contributed by atoms with Gasteiger partial charge in [0.15, 0.2) is 8.46 Å². The number of H-pyrrole nitrogens is 1. The van der Waals surface area contributed by atoms with Crippen molar-refractivity contribution >= 4 is 8.46 Å². The van der Waals surface area contributed by atoms with Gasteiger partial charge in [0.05, 0.1) is 5.16 Å². The maximum atomic E-state index is 12.1. The molecule has 0 aliphatic rings. The molecule has 0 aromatic carbocycles. The van der Waals surface area contributed by atoms with E-state index in [0.717, 1.165) is 25.7 Å². The average molecular weight is 479 g/mol. The Bertz CT molecular complexity index is 771. The maximum absolute atomic E-state index is 12.1. The van der Waals surface area contributed by atoms with Crippen LogP contribution in [0.3, 0.4) is 0 Å². The molecule has 0 aliphatic carbocycles. The van der Waals surface area contributed by atoms with Crippen molar-refractivity contribution in [2.45, 2.75) is 135 Å². The van der Waals surface area contributed by atoms with E-state index in [1.807, 2.05) is 12.2 Å². The molecule has 6 heteroatoms. The van der Waals surface area contributed by atoms with E-state index in [4.69, 9.17) is 0 Å². The number of unbranched alkanes of at least 4 members (excludes halogenated alkanes) is 13. The molecule has 188 valence electrons. The van der Waals surface area contributed by atoms with Gasteiger partial charge >= 0.3 is 5.69 Å². The smallest absolute Gasteiger partial charge is 0.297 e. The number of aromatic nitrogens is 2. The average Bonchev–Trinajstić information content (AvgIpc) is 2.80. The van der Waals surface area contributed by atoms with E-state index >= 15 is 0 Å². The summed E-state index contributed by atoms with van der Waals surface area (Å²) in [5.41, 5.74) is -0.809. The van der Waals surface area contributed by atoms with Crippen LogP contribution in [0.2, 0.25) is 0 Å². The summed E-state index contributed by atoms with van der Waals surface area (Å²) in [5, 5.41) is -0.350. The quantitative estimate of drug-likeness (QED) is 0.111. The van der Waals surface area contributed by atoms with Gasteiger partial charge in [0.1, 0.15) is 0 Å². The fourth-order valence-corrected chi connectivity index (χ4v) is 5.18. The van der Waals surface area contributed by atoms with Crippen LogP contribution in [0.5, 0.6) is 0 Å². The molecule has 0 radical (unpaired) electrons. The van der Waals surface area contributed by atoms with Gasteiger partial charge in [0.25, 0.3) is 5.56 Å². The normalized spacial score (nSPS) is 13.6. The summed E-state index contributed by atoms with van der Waals surface area (Å²) < 4.78 is 13.5. The third-order valence-electron chi connectivity index (χ3n) is 6.46. The Balaban J connectivity index is 2.23. The second kappa shape index (κ2) is 18.9. The number of nitrogens with one attached hydrogen (secondary N) is 1. The zero-order chi connectivity index (χ0) is 24.2. The van der Waals surface area contributed by atoms with E-state index in [1.165, 1.54) is 100 Å². The van der Waals surface area contributed by atoms with Crippen molar-refractivity contribution in [3.63, 3.8) is 0 Å². The zero-order valence-corrected chi connectivity index (χ0v) is 22.1. The number of rotatable bonds is 21. The highest BCUT2D eigenvalue weighted by atomic mass is 31.1. The molecule has 5 nitrogen and oxygen atoms in total. The van der Waals surface area contributed by atoms with Crippen LogP contribution in [-0.2, 0) is 11.1 Å². The summed E-state index contributed by atoms with van der Waals surface area (Å²) in [5.74, 6) is 0. The number of allylic oxidation sites excluding steroid dienone is 2. The predicted molar refractivity (Wildman–Crippen MR) is 141 cm³/mol. The molecule has 1 heterocycles. The summed E-state index contributed by atoms with van der Waals surface area (Å²) in [6.45, 7) is 4.76. The van der Waals surface area contributed by atoms with Crippen molar-refractivity contribution in [3.05, 3.63) is 45.3 Å². The Hall–Kier alpha value is -1.48. The molecule has 0 aliphatic heterocycles. The van der Waals surface area contributed by atoms with Gasteiger partial charge in [-0.2, -0.15) is 0 Å². The number of hydrogen-bond acceptors (Lipinski definition) is 3. The highest BCUT2D eigenvalue weighted by Crippen LogP contribution is 2.36. The highest BCUT2D eigenvalue weighted by molar-refractivity contribution is 7.26. The van der Waals surface area contributed by atoms with Gasteiger partial charge < -0.3 is 0 Å². The molecule has 0 fully saturated rings. The number of hydrogen-bond donors (Lipinski definition) is 1. The fourth-order valence-electron chi connectivity index (χ4n) is 4.45. The van der Waals surface area contributed by atoms with Gasteiger partial charge in [-0.25, -0.2) is 4.79 Å². The first-order chi connectivity index (χ1) is 16.1. The molecule has 0 bridgehead atoms. The van der Waals surface area contributed by atoms with Crippen molar-refractivity contribution in [2.24, 2.45) is 0 Å². The first-order valence-electron chi connectivity index (χ1n) is 13.4. The third-order valence-corrected chi connectivity index (χ3v) is 7.41. The van der Waals surface area contributed by atoms with E-state index in [9.17, 15) is 14.2 Å². The molecule has 0 saturated heterocycles. The fraction of sp³-hybridized carbons (Fsp3) is 0.778. The van der Waals surface area contributed by atoms with Crippen molar-refractivity contribution in [3.8, 4) is 0 Å². The summed E-state index contributed by atoms with van der Waals surface area (Å²) in [4.78, 5) is 25.3. The standard InChI is InChI=1S/C27H47N2O3P/c1-3-5-6-7-8-9-10-11-12-13-14-15-16-17-21-27(33-32,20-4-2)22-18-23-29-24-19-25(30)28-26(29)31/h18-19,22,24H,3-17,20-21,23H2,1-2H3,(H,28,30,31)/b22-18+. The zero-order valence-electron chi connectivity index (χ0n) is 21.2. The molecule has 1 rings (SSSR count). The number of nitrogens with zero attached hydrogens (tertiary/aromatic N) is 1. The first-order valence-corrected chi connectivity index (χ1v) is 14.2. The molecule has 0 saturated carbocycles. The monoisotopic (exact) mass is 478 g/mol. The molecule has 1 unspecified atom stereocenters. The van der Waals surface area contributed by atoms with Crippen LogP contribution in [0.25, 0.3) is 0 Å². The Labute approximate surface area is 202 Å². The van der Waals surface area contributed by atoms with Gasteiger partial charge in [-0.1, -0.05) is 122 Å². The molecular weight excluding hydrogens is 431 g/mol. The molecular formula is C27H47N2O3P. The lowest BCUT2D eigenvalue weighted by atomic mass is 9.94. The van der Waals surface area contributed by atoms with Crippen LogP contribution >= 0.6 is 8.46 Å². The van der Waals surface area contributed by atoms with E-state index in [0.29, 0.717) is 6.54 Å². The lowest BCUT2D eigenvalue weighted by Crippen LogP contribution is -2.28. The third kappa shape index (κ3) is 13.7. The second-order valence-electron chi connectivity index (χ2n) is 9.46. The Morgan fingerprint density at radius 2 is 1.36 bits per heavy atom. The lowest BCUT2D eigenvalue weighted by Gasteiger charge is -2.22. The van der Waals surface area contributed by atoms with Crippen LogP contribution in [0.4, 0.5) is 0 Å². The van der Waals surface area contributed by atoms with Gasteiger partial charge in [0.2, 0.25) is 0 Å². The van der Waals surface area contributed by atoms with E-state index in [-0.39, 0.29) is 13.6 Å². The minimum absolute atomic E-state index is 0.153. The minimum atomic E-state index is -0.417. The van der Waals surface area contributed by atoms with Gasteiger partial charge in [-0.05, 0) is 12.8 Å². The SMILES string of the molecule is CCCCCCCCCCCCCCCCC(/C=C/Cn1ccc(=O)[nH]c1=O)(CCC)P=O. The highest BCUT2D eigenvalue weighted by Gasteiger charge is 2.26. The first kappa shape index (κ1) is 29.6. The summed E-state index contributed by atoms with van der Waals surface area (Å²) in [7, 11) is 0.153. The van der Waals surface area contributed by atoms with Crippen molar-refractivity contribution < 1.29 is 4.57 Å². The number of aromatic amines is 1. The molecule has 1 aromatic heterocycles. The second-order valence-corrected chi connectivity index (χ2v) is 10.5. The topological polar surface area (TPSA) is 71.9 Å². The summed E-state index contributed by atoms with van der Waals surface area (Å²) >= 11 is 0. The largest absolute Gasteiger partial charge is 0.328 e. The van der Waals surface area contributed by atoms with Crippen molar-refractivity contribution in [2.75, 3.05) is 0 Å². The Morgan fingerprint density at radius 3 is 1.85 bits per heavy atom. The predicted octanol–water partition coefficient (Wildman–Crippen LogP) is 7.79. The lowest BCUT2D eigenvalue weighted by molar-refractivity contribution is 0.491. The van der Waals surface area contributed by atoms with Gasteiger partial charge in [-0.15, -0.1) is 0 Å². The van der Waals surface area contributed by atoms with Crippen LogP contribution in [0.15, 0.2) is 34.0 Å². The van der Waals surface area contributed by atoms with E-state index < -0.39 is 11.2 Å². The van der Waals surface area contributed by atoms with Gasteiger partial charge in [0, 0.05) is 18.8 Å². The van der Waals surface area contributed by atoms with Crippen LogP contribution in [-0.4, -0.2) is 14.7 Å². The minimum Gasteiger partial charge on any atom is -0.297 e. The van der Waals surface area contributed by atoms with E-state index in [2.05, 4.69) is 18.8 Å². The Morgan fingerprint density at radius 1 is 0.818 bits per heavy atom. The molecule has 1 aromatic rings. The van der Waals surface area contributed by atoms with Crippen LogP contribution in [0.1, 0.15) is 123 Å². The van der Waals surface area contributed by atoms with Crippen molar-refractivity contribution in [1.82, 2.24) is 9.55 Å². The molecule has 33 heavy (non-hydrogen) atoms. The van der Waals surface area contributed by atoms with Crippen LogP contribution in [0, 0.1) is 0 Å². The molecule has 1 atom stereocenters. The molecule has 0 amide bonds. The van der Waals surface area contributed by atoms with Crippen molar-refractivity contribution in [1.29, 1.82) is 0 Å². The van der Waals surface area contributed by atoms with Gasteiger partial charge in [-0.3, -0.25) is 18.9 Å². The molecule has 1 N–H and O–H groups in total.